The molecule has 1 aliphatic rings. The first-order valence-electron chi connectivity index (χ1n) is 8.82. The zero-order chi connectivity index (χ0) is 18.6. The molecule has 1 atom stereocenters. The van der Waals surface area contributed by atoms with Gasteiger partial charge in [-0.2, -0.15) is 0 Å². The Morgan fingerprint density at radius 1 is 1.15 bits per heavy atom. The lowest BCUT2D eigenvalue weighted by Gasteiger charge is -2.16. The van der Waals surface area contributed by atoms with Crippen molar-refractivity contribution in [2.45, 2.75) is 12.5 Å². The summed E-state index contributed by atoms with van der Waals surface area (Å²) in [6, 6.07) is 15.6. The largest absolute Gasteiger partial charge is 0.484 e. The minimum Gasteiger partial charge on any atom is -0.484 e. The molecule has 1 amide bonds. The van der Waals surface area contributed by atoms with Gasteiger partial charge in [0.25, 0.3) is 5.91 Å². The topological polar surface area (TPSA) is 60.2 Å². The number of hydrogen-bond donors (Lipinski definition) is 0. The highest BCUT2D eigenvalue weighted by atomic mass is 19.1. The smallest absolute Gasteiger partial charge is 0.260 e. The van der Waals surface area contributed by atoms with Crippen LogP contribution in [-0.2, 0) is 4.79 Å². The van der Waals surface area contributed by atoms with E-state index < -0.39 is 0 Å². The fourth-order valence-electron chi connectivity index (χ4n) is 3.15. The van der Waals surface area contributed by atoms with Crippen LogP contribution in [0.2, 0.25) is 0 Å². The molecule has 0 bridgehead atoms. The van der Waals surface area contributed by atoms with Gasteiger partial charge in [0, 0.05) is 18.7 Å². The summed E-state index contributed by atoms with van der Waals surface area (Å²) < 4.78 is 20.2. The predicted octanol–water partition coefficient (Wildman–Crippen LogP) is 2.94. The molecule has 138 valence electrons. The van der Waals surface area contributed by atoms with E-state index in [0.29, 0.717) is 18.8 Å². The number of carbonyl (C=O) groups is 1. The van der Waals surface area contributed by atoms with Crippen LogP contribution in [0.3, 0.4) is 0 Å². The highest BCUT2D eigenvalue weighted by molar-refractivity contribution is 5.78. The average molecular weight is 366 g/mol. The standard InChI is InChI=1S/C20H19FN4O2/c21-16-6-8-18(9-7-16)27-14-20(26)24-11-10-17(12-24)25-13-19(22-23-25)15-4-2-1-3-5-15/h1-9,13,17H,10-12,14H2. The van der Waals surface area contributed by atoms with Gasteiger partial charge in [-0.05, 0) is 30.7 Å². The van der Waals surface area contributed by atoms with E-state index in [9.17, 15) is 9.18 Å². The first-order valence-corrected chi connectivity index (χ1v) is 8.82. The first-order chi connectivity index (χ1) is 13.2. The van der Waals surface area contributed by atoms with Crippen LogP contribution in [-0.4, -0.2) is 45.5 Å². The second-order valence-electron chi connectivity index (χ2n) is 6.47. The Kier molecular flexibility index (Phi) is 4.82. The molecule has 2 heterocycles. The Morgan fingerprint density at radius 2 is 1.93 bits per heavy atom. The van der Waals surface area contributed by atoms with Crippen LogP contribution in [0, 0.1) is 5.82 Å². The summed E-state index contributed by atoms with van der Waals surface area (Å²) in [5.74, 6) is 0.0493. The summed E-state index contributed by atoms with van der Waals surface area (Å²) in [5.41, 5.74) is 1.84. The maximum Gasteiger partial charge on any atom is 0.260 e. The fraction of sp³-hybridized carbons (Fsp3) is 0.250. The van der Waals surface area contributed by atoms with Crippen molar-refractivity contribution in [2.24, 2.45) is 0 Å². The number of halogens is 1. The van der Waals surface area contributed by atoms with E-state index >= 15 is 0 Å². The third kappa shape index (κ3) is 3.97. The molecule has 1 unspecified atom stereocenters. The van der Waals surface area contributed by atoms with Gasteiger partial charge in [-0.1, -0.05) is 35.5 Å². The van der Waals surface area contributed by atoms with Gasteiger partial charge in [-0.15, -0.1) is 5.10 Å². The monoisotopic (exact) mass is 366 g/mol. The van der Waals surface area contributed by atoms with Crippen LogP contribution in [0.1, 0.15) is 12.5 Å². The molecular formula is C20H19FN4O2. The number of carbonyl (C=O) groups excluding carboxylic acids is 1. The Balaban J connectivity index is 1.34. The number of hydrogen-bond acceptors (Lipinski definition) is 4. The number of benzene rings is 2. The van der Waals surface area contributed by atoms with Gasteiger partial charge in [0.15, 0.2) is 6.61 Å². The molecule has 1 aromatic heterocycles. The normalized spacial score (nSPS) is 16.5. The van der Waals surface area contributed by atoms with Gasteiger partial charge >= 0.3 is 0 Å². The van der Waals surface area contributed by atoms with Crippen LogP contribution in [0.4, 0.5) is 4.39 Å². The van der Waals surface area contributed by atoms with E-state index in [1.165, 1.54) is 24.3 Å². The lowest BCUT2D eigenvalue weighted by atomic mass is 10.2. The fourth-order valence-corrected chi connectivity index (χ4v) is 3.15. The minimum atomic E-state index is -0.334. The third-order valence-electron chi connectivity index (χ3n) is 4.65. The van der Waals surface area contributed by atoms with Crippen LogP contribution in [0.15, 0.2) is 60.8 Å². The number of aromatic nitrogens is 3. The maximum atomic E-state index is 12.9. The molecule has 0 N–H and O–H groups in total. The van der Waals surface area contributed by atoms with Crippen molar-refractivity contribution >= 4 is 5.91 Å². The van der Waals surface area contributed by atoms with Crippen molar-refractivity contribution in [1.29, 1.82) is 0 Å². The second-order valence-corrected chi connectivity index (χ2v) is 6.47. The van der Waals surface area contributed by atoms with Gasteiger partial charge in [-0.3, -0.25) is 4.79 Å². The third-order valence-corrected chi connectivity index (χ3v) is 4.65. The quantitative estimate of drug-likeness (QED) is 0.697. The van der Waals surface area contributed by atoms with Crippen molar-refractivity contribution < 1.29 is 13.9 Å². The van der Waals surface area contributed by atoms with Crippen LogP contribution in [0.5, 0.6) is 5.75 Å². The molecule has 1 saturated heterocycles. The summed E-state index contributed by atoms with van der Waals surface area (Å²) in [7, 11) is 0. The second kappa shape index (κ2) is 7.57. The van der Waals surface area contributed by atoms with Crippen molar-refractivity contribution in [1.82, 2.24) is 19.9 Å². The SMILES string of the molecule is O=C(COc1ccc(F)cc1)N1CCC(n2cc(-c3ccccc3)nn2)C1. The molecule has 2 aromatic carbocycles. The van der Waals surface area contributed by atoms with E-state index in [1.54, 1.807) is 4.90 Å². The zero-order valence-corrected chi connectivity index (χ0v) is 14.7. The molecule has 7 heteroatoms. The molecule has 0 saturated carbocycles. The molecular weight excluding hydrogens is 347 g/mol. The molecule has 6 nitrogen and oxygen atoms in total. The molecule has 0 spiro atoms. The molecule has 1 fully saturated rings. The van der Waals surface area contributed by atoms with Crippen LogP contribution >= 0.6 is 0 Å². The van der Waals surface area contributed by atoms with Crippen molar-refractivity contribution in [3.63, 3.8) is 0 Å². The van der Waals surface area contributed by atoms with E-state index in [1.807, 2.05) is 41.2 Å². The molecule has 0 aliphatic carbocycles. The van der Waals surface area contributed by atoms with Gasteiger partial charge in [0.05, 0.1) is 12.2 Å². The Labute approximate surface area is 156 Å². The molecule has 1 aliphatic heterocycles. The van der Waals surface area contributed by atoms with E-state index in [0.717, 1.165) is 17.7 Å². The number of nitrogens with zero attached hydrogens (tertiary/aromatic N) is 4. The molecule has 4 rings (SSSR count). The highest BCUT2D eigenvalue weighted by Crippen LogP contribution is 2.23. The van der Waals surface area contributed by atoms with E-state index in [-0.39, 0.29) is 24.4 Å². The van der Waals surface area contributed by atoms with Gasteiger partial charge < -0.3 is 9.64 Å². The Bertz CT molecular complexity index is 911. The first kappa shape index (κ1) is 17.2. The lowest BCUT2D eigenvalue weighted by molar-refractivity contribution is -0.132. The van der Waals surface area contributed by atoms with Gasteiger partial charge in [-0.25, -0.2) is 9.07 Å². The highest BCUT2D eigenvalue weighted by Gasteiger charge is 2.28. The number of amides is 1. The van der Waals surface area contributed by atoms with Crippen LogP contribution in [0.25, 0.3) is 11.3 Å². The summed E-state index contributed by atoms with van der Waals surface area (Å²) in [6.45, 7) is 1.16. The van der Waals surface area contributed by atoms with E-state index in [2.05, 4.69) is 10.3 Å². The molecule has 27 heavy (non-hydrogen) atoms. The molecule has 3 aromatic rings. The summed E-state index contributed by atoms with van der Waals surface area (Å²) in [5, 5.41) is 8.47. The molecule has 0 radical (unpaired) electrons. The summed E-state index contributed by atoms with van der Waals surface area (Å²) in [6.07, 6.45) is 2.74. The zero-order valence-electron chi connectivity index (χ0n) is 14.7. The van der Waals surface area contributed by atoms with Crippen molar-refractivity contribution in [3.05, 3.63) is 66.6 Å². The predicted molar refractivity (Wildman–Crippen MR) is 97.6 cm³/mol. The van der Waals surface area contributed by atoms with E-state index in [4.69, 9.17) is 4.74 Å². The number of likely N-dealkylation sites (tertiary alicyclic amines) is 1. The minimum absolute atomic E-state index is 0.0645. The Morgan fingerprint density at radius 3 is 2.70 bits per heavy atom. The maximum absolute atomic E-state index is 12.9. The van der Waals surface area contributed by atoms with Crippen molar-refractivity contribution in [2.75, 3.05) is 19.7 Å². The van der Waals surface area contributed by atoms with Gasteiger partial charge in [0.1, 0.15) is 17.3 Å². The number of rotatable bonds is 5. The van der Waals surface area contributed by atoms with Crippen molar-refractivity contribution in [3.8, 4) is 17.0 Å². The number of ether oxygens (including phenoxy) is 1. The summed E-state index contributed by atoms with van der Waals surface area (Å²) in [4.78, 5) is 14.1. The lowest BCUT2D eigenvalue weighted by Crippen LogP contribution is -2.33. The van der Waals surface area contributed by atoms with Crippen LogP contribution < -0.4 is 4.74 Å². The van der Waals surface area contributed by atoms with Gasteiger partial charge in [0.2, 0.25) is 0 Å². The average Bonchev–Trinajstić information content (AvgIpc) is 3.37. The summed E-state index contributed by atoms with van der Waals surface area (Å²) >= 11 is 0. The Hall–Kier alpha value is -3.22.